The summed E-state index contributed by atoms with van der Waals surface area (Å²) in [7, 11) is 0. The second kappa shape index (κ2) is 9.15. The Hall–Kier alpha value is -2.66. The van der Waals surface area contributed by atoms with Gasteiger partial charge in [0.2, 0.25) is 5.13 Å². The van der Waals surface area contributed by atoms with E-state index in [0.29, 0.717) is 0 Å². The number of aromatic nitrogens is 1. The Morgan fingerprint density at radius 3 is 2.81 bits per heavy atom. The molecule has 5 heteroatoms. The number of anilines is 1. The molecule has 1 heterocycles. The van der Waals surface area contributed by atoms with Crippen molar-refractivity contribution in [2.75, 3.05) is 12.0 Å². The highest BCUT2D eigenvalue weighted by Crippen LogP contribution is 2.30. The van der Waals surface area contributed by atoms with Crippen LogP contribution in [0.3, 0.4) is 0 Å². The van der Waals surface area contributed by atoms with Crippen LogP contribution in [-0.4, -0.2) is 17.8 Å². The highest BCUT2D eigenvalue weighted by molar-refractivity contribution is 7.15. The zero-order valence-electron chi connectivity index (χ0n) is 15.1. The number of benzene rings is 2. The lowest BCUT2D eigenvalue weighted by molar-refractivity contribution is 0.309. The first kappa shape index (κ1) is 18.1. The number of ether oxygens (including phenoxy) is 1. The molecule has 0 fully saturated rings. The van der Waals surface area contributed by atoms with Crippen molar-refractivity contribution < 1.29 is 4.74 Å². The Morgan fingerprint density at radius 1 is 1.15 bits per heavy atom. The van der Waals surface area contributed by atoms with Gasteiger partial charge in [0.05, 0.1) is 18.5 Å². The molecule has 0 bridgehead atoms. The van der Waals surface area contributed by atoms with Gasteiger partial charge in [0, 0.05) is 10.4 Å². The van der Waals surface area contributed by atoms with Crippen LogP contribution in [0.5, 0.6) is 5.75 Å². The molecule has 3 rings (SSSR count). The molecular formula is C21H23N3OS. The van der Waals surface area contributed by atoms with Crippen LogP contribution < -0.4 is 10.2 Å². The molecule has 3 aromatic rings. The molecule has 2 aromatic carbocycles. The number of aryl methyl sites for hydroxylation is 1. The van der Waals surface area contributed by atoms with Crippen LogP contribution in [0.2, 0.25) is 0 Å². The number of rotatable bonds is 8. The highest BCUT2D eigenvalue weighted by atomic mass is 32.1. The summed E-state index contributed by atoms with van der Waals surface area (Å²) in [6.45, 7) is 4.98. The minimum absolute atomic E-state index is 0.746. The fourth-order valence-electron chi connectivity index (χ4n) is 2.49. The molecule has 0 saturated heterocycles. The average Bonchev–Trinajstić information content (AvgIpc) is 3.04. The van der Waals surface area contributed by atoms with Gasteiger partial charge in [-0.1, -0.05) is 55.8 Å². The summed E-state index contributed by atoms with van der Waals surface area (Å²) in [5, 5.41) is 5.10. The van der Waals surface area contributed by atoms with E-state index in [-0.39, 0.29) is 0 Å². The monoisotopic (exact) mass is 365 g/mol. The van der Waals surface area contributed by atoms with Crippen LogP contribution in [0.25, 0.3) is 11.3 Å². The van der Waals surface area contributed by atoms with Crippen molar-refractivity contribution in [3.63, 3.8) is 0 Å². The third-order valence-electron chi connectivity index (χ3n) is 3.84. The Labute approximate surface area is 158 Å². The molecule has 4 nitrogen and oxygen atoms in total. The molecule has 1 aromatic heterocycles. The lowest BCUT2D eigenvalue weighted by Crippen LogP contribution is -1.97. The molecule has 0 aliphatic heterocycles. The lowest BCUT2D eigenvalue weighted by atomic mass is 10.1. The summed E-state index contributed by atoms with van der Waals surface area (Å²) in [6, 6.07) is 18.1. The third kappa shape index (κ3) is 4.92. The molecule has 0 atom stereocenters. The Bertz CT molecular complexity index is 859. The molecule has 0 spiro atoms. The fourth-order valence-corrected chi connectivity index (χ4v) is 3.27. The quantitative estimate of drug-likeness (QED) is 0.314. The van der Waals surface area contributed by atoms with E-state index < -0.39 is 0 Å². The molecule has 134 valence electrons. The van der Waals surface area contributed by atoms with Gasteiger partial charge in [-0.3, -0.25) is 5.43 Å². The van der Waals surface area contributed by atoms with E-state index in [1.807, 2.05) is 42.5 Å². The summed E-state index contributed by atoms with van der Waals surface area (Å²) in [6.07, 6.45) is 3.97. The van der Waals surface area contributed by atoms with Crippen molar-refractivity contribution in [3.05, 3.63) is 65.0 Å². The summed E-state index contributed by atoms with van der Waals surface area (Å²) >= 11 is 1.60. The van der Waals surface area contributed by atoms with E-state index in [9.17, 15) is 0 Å². The van der Waals surface area contributed by atoms with Crippen LogP contribution in [-0.2, 0) is 0 Å². The van der Waals surface area contributed by atoms with Crippen LogP contribution in [0.1, 0.15) is 30.2 Å². The fraction of sp³-hybridized carbons (Fsp3) is 0.238. The van der Waals surface area contributed by atoms with Gasteiger partial charge >= 0.3 is 0 Å². The highest BCUT2D eigenvalue weighted by Gasteiger charge is 2.08. The van der Waals surface area contributed by atoms with E-state index in [0.717, 1.165) is 47.2 Å². The maximum atomic E-state index is 5.73. The Kier molecular flexibility index (Phi) is 6.39. The first-order chi connectivity index (χ1) is 12.8. The summed E-state index contributed by atoms with van der Waals surface area (Å²) < 4.78 is 5.73. The zero-order valence-corrected chi connectivity index (χ0v) is 15.9. The minimum Gasteiger partial charge on any atom is -0.494 e. The topological polar surface area (TPSA) is 46.5 Å². The van der Waals surface area contributed by atoms with Crippen LogP contribution in [0.15, 0.2) is 59.7 Å². The Balaban J connectivity index is 1.63. The van der Waals surface area contributed by atoms with Crippen molar-refractivity contribution in [3.8, 4) is 17.0 Å². The number of unbranched alkanes of at least 4 members (excludes halogenated alkanes) is 1. The second-order valence-electron chi connectivity index (χ2n) is 5.93. The summed E-state index contributed by atoms with van der Waals surface area (Å²) in [5.41, 5.74) is 6.14. The molecule has 0 saturated carbocycles. The van der Waals surface area contributed by atoms with Crippen molar-refractivity contribution in [2.24, 2.45) is 5.10 Å². The number of hydrogen-bond acceptors (Lipinski definition) is 5. The van der Waals surface area contributed by atoms with Crippen molar-refractivity contribution in [2.45, 2.75) is 26.7 Å². The van der Waals surface area contributed by atoms with Gasteiger partial charge in [0.15, 0.2) is 0 Å². The van der Waals surface area contributed by atoms with Crippen molar-refractivity contribution in [1.29, 1.82) is 0 Å². The minimum atomic E-state index is 0.746. The van der Waals surface area contributed by atoms with E-state index in [4.69, 9.17) is 4.74 Å². The van der Waals surface area contributed by atoms with Gasteiger partial charge in [-0.05, 0) is 31.0 Å². The number of nitrogens with one attached hydrogen (secondary N) is 1. The smallest absolute Gasteiger partial charge is 0.204 e. The largest absolute Gasteiger partial charge is 0.494 e. The second-order valence-corrected chi connectivity index (χ2v) is 7.14. The zero-order chi connectivity index (χ0) is 18.2. The molecule has 1 N–H and O–H groups in total. The number of thiazole rings is 1. The molecule has 26 heavy (non-hydrogen) atoms. The van der Waals surface area contributed by atoms with Crippen LogP contribution >= 0.6 is 11.3 Å². The predicted molar refractivity (Wildman–Crippen MR) is 110 cm³/mol. The van der Waals surface area contributed by atoms with E-state index in [1.165, 1.54) is 4.88 Å². The van der Waals surface area contributed by atoms with Gasteiger partial charge in [-0.15, -0.1) is 11.3 Å². The number of hydrogen-bond donors (Lipinski definition) is 1. The maximum absolute atomic E-state index is 5.73. The number of nitrogens with zero attached hydrogens (tertiary/aromatic N) is 2. The van der Waals surface area contributed by atoms with E-state index >= 15 is 0 Å². The summed E-state index contributed by atoms with van der Waals surface area (Å²) in [5.74, 6) is 0.874. The maximum Gasteiger partial charge on any atom is 0.204 e. The van der Waals surface area contributed by atoms with Gasteiger partial charge in [0.25, 0.3) is 0 Å². The molecule has 0 aliphatic rings. The van der Waals surface area contributed by atoms with Crippen LogP contribution in [0.4, 0.5) is 5.13 Å². The van der Waals surface area contributed by atoms with Crippen molar-refractivity contribution >= 4 is 22.7 Å². The molecule has 0 unspecified atom stereocenters. The van der Waals surface area contributed by atoms with Gasteiger partial charge in [-0.2, -0.15) is 5.10 Å². The summed E-state index contributed by atoms with van der Waals surface area (Å²) in [4.78, 5) is 5.81. The average molecular weight is 366 g/mol. The molecule has 0 aliphatic carbocycles. The molecular weight excluding hydrogens is 342 g/mol. The van der Waals surface area contributed by atoms with Crippen LogP contribution in [0, 0.1) is 6.92 Å². The van der Waals surface area contributed by atoms with Gasteiger partial charge < -0.3 is 4.74 Å². The molecule has 0 radical (unpaired) electrons. The first-order valence-corrected chi connectivity index (χ1v) is 9.62. The number of hydrazone groups is 1. The third-order valence-corrected chi connectivity index (χ3v) is 4.72. The molecule has 0 amide bonds. The normalized spacial score (nSPS) is 11.0. The predicted octanol–water partition coefficient (Wildman–Crippen LogP) is 5.74. The first-order valence-electron chi connectivity index (χ1n) is 8.81. The lowest BCUT2D eigenvalue weighted by Gasteiger charge is -2.05. The van der Waals surface area contributed by atoms with E-state index in [1.54, 1.807) is 17.6 Å². The Morgan fingerprint density at radius 2 is 2.00 bits per heavy atom. The standard InChI is InChI=1S/C21H23N3OS/c1-3-4-13-25-19-12-8-9-17(14-19)15-22-24-21-23-20(16(2)26-21)18-10-6-5-7-11-18/h5-12,14-15H,3-4,13H2,1-2H3,(H,23,24)/b22-15-. The van der Waals surface area contributed by atoms with E-state index in [2.05, 4.69) is 41.5 Å². The van der Waals surface area contributed by atoms with Gasteiger partial charge in [0.1, 0.15) is 5.75 Å². The van der Waals surface area contributed by atoms with Crippen molar-refractivity contribution in [1.82, 2.24) is 4.98 Å². The van der Waals surface area contributed by atoms with Gasteiger partial charge in [-0.25, -0.2) is 4.98 Å². The SMILES string of the molecule is CCCCOc1cccc(/C=N\Nc2nc(-c3ccccc3)c(C)s2)c1.